The molecule has 0 fully saturated rings. The molecule has 2 atom stereocenters. The fraction of sp³-hybridized carbons (Fsp3) is 0.154. The Labute approximate surface area is 176 Å². The van der Waals surface area contributed by atoms with E-state index in [1.165, 1.54) is 0 Å². The third-order valence-corrected chi connectivity index (χ3v) is 6.36. The maximum Gasteiger partial charge on any atom is 0.0647 e. The summed E-state index contributed by atoms with van der Waals surface area (Å²) in [5.41, 5.74) is 28.4. The molecule has 0 aliphatic heterocycles. The summed E-state index contributed by atoms with van der Waals surface area (Å²) in [6.45, 7) is 0. The van der Waals surface area contributed by atoms with Crippen molar-refractivity contribution in [1.82, 2.24) is 0 Å². The smallest absolute Gasteiger partial charge is 0.0647 e. The van der Waals surface area contributed by atoms with Crippen molar-refractivity contribution in [1.29, 1.82) is 0 Å². The van der Waals surface area contributed by atoms with Gasteiger partial charge in [-0.2, -0.15) is 0 Å². The Morgan fingerprint density at radius 3 is 1.17 bits per heavy atom. The zero-order valence-electron chi connectivity index (χ0n) is 16.8. The second-order valence-corrected chi connectivity index (χ2v) is 8.41. The second-order valence-electron chi connectivity index (χ2n) is 8.41. The van der Waals surface area contributed by atoms with Gasteiger partial charge in [0.2, 0.25) is 0 Å². The molecule has 2 aliphatic carbocycles. The van der Waals surface area contributed by atoms with Gasteiger partial charge in [-0.1, -0.05) is 72.8 Å². The van der Waals surface area contributed by atoms with Crippen LogP contribution >= 0.6 is 0 Å². The van der Waals surface area contributed by atoms with Gasteiger partial charge in [0.15, 0.2) is 0 Å². The average molecular weight is 395 g/mol. The van der Waals surface area contributed by atoms with Gasteiger partial charge in [0.1, 0.15) is 0 Å². The quantitative estimate of drug-likeness (QED) is 0.495. The van der Waals surface area contributed by atoms with Crippen LogP contribution < -0.4 is 22.9 Å². The van der Waals surface area contributed by atoms with E-state index in [-0.39, 0.29) is 0 Å². The summed E-state index contributed by atoms with van der Waals surface area (Å²) in [5, 5.41) is 4.47. The molecule has 2 aliphatic rings. The lowest BCUT2D eigenvalue weighted by Gasteiger charge is -2.35. The van der Waals surface area contributed by atoms with Crippen LogP contribution in [0.2, 0.25) is 0 Å². The minimum absolute atomic E-state index is 0.644. The number of nitrogens with two attached hydrogens (primary N) is 4. The molecule has 4 nitrogen and oxygen atoms in total. The lowest BCUT2D eigenvalue weighted by molar-refractivity contribution is 0.565. The van der Waals surface area contributed by atoms with Gasteiger partial charge in [0, 0.05) is 11.4 Å². The maximum absolute atomic E-state index is 7.00. The van der Waals surface area contributed by atoms with E-state index in [1.807, 2.05) is 36.5 Å². The minimum Gasteiger partial charge on any atom is -0.399 e. The van der Waals surface area contributed by atoms with E-state index in [0.717, 1.165) is 44.1 Å². The summed E-state index contributed by atoms with van der Waals surface area (Å²) in [6.07, 6.45) is 13.2. The van der Waals surface area contributed by atoms with Gasteiger partial charge < -0.3 is 22.9 Å². The van der Waals surface area contributed by atoms with Crippen LogP contribution in [0.15, 0.2) is 96.4 Å². The molecule has 0 bridgehead atoms. The van der Waals surface area contributed by atoms with E-state index < -0.39 is 11.1 Å². The summed E-state index contributed by atoms with van der Waals surface area (Å²) in [6, 6.07) is 16.8. The van der Waals surface area contributed by atoms with Crippen molar-refractivity contribution in [3.05, 3.63) is 108 Å². The van der Waals surface area contributed by atoms with Crippen LogP contribution in [0.3, 0.4) is 0 Å². The Kier molecular flexibility index (Phi) is 4.10. The molecule has 4 heteroatoms. The summed E-state index contributed by atoms with van der Waals surface area (Å²) in [5.74, 6) is 0. The van der Waals surface area contributed by atoms with Gasteiger partial charge in [-0.15, -0.1) is 0 Å². The molecule has 2 unspecified atom stereocenters. The summed E-state index contributed by atoms with van der Waals surface area (Å²) < 4.78 is 0. The Morgan fingerprint density at radius 1 is 0.567 bits per heavy atom. The lowest BCUT2D eigenvalue weighted by Crippen LogP contribution is -2.38. The van der Waals surface area contributed by atoms with Gasteiger partial charge >= 0.3 is 0 Å². The first-order chi connectivity index (χ1) is 14.4. The first kappa shape index (κ1) is 18.7. The van der Waals surface area contributed by atoms with Crippen molar-refractivity contribution in [2.24, 2.45) is 22.9 Å². The van der Waals surface area contributed by atoms with E-state index in [9.17, 15) is 0 Å². The maximum atomic E-state index is 7.00. The molecular weight excluding hydrogens is 368 g/mol. The molecule has 5 rings (SSSR count). The minimum atomic E-state index is -0.644. The van der Waals surface area contributed by atoms with E-state index in [1.54, 1.807) is 0 Å². The molecule has 3 aromatic rings. The van der Waals surface area contributed by atoms with Crippen LogP contribution in [0, 0.1) is 0 Å². The summed E-state index contributed by atoms with van der Waals surface area (Å²) >= 11 is 0. The van der Waals surface area contributed by atoms with E-state index in [4.69, 9.17) is 22.9 Å². The Hall–Kier alpha value is -3.34. The molecule has 0 saturated carbocycles. The summed E-state index contributed by atoms with van der Waals surface area (Å²) in [7, 11) is 0. The normalized spacial score (nSPS) is 26.1. The fourth-order valence-corrected chi connectivity index (χ4v) is 4.84. The summed E-state index contributed by atoms with van der Waals surface area (Å²) in [4.78, 5) is 0. The SMILES string of the molecule is NC1=CCC(N)(c2c3ccccc3c(C3(N)C=CC(N)=CC3)c3ccccc23)C=C1. The van der Waals surface area contributed by atoms with E-state index >= 15 is 0 Å². The molecule has 0 amide bonds. The number of fused-ring (bicyclic) bond motifs is 2. The Bertz CT molecular complexity index is 1140. The second kappa shape index (κ2) is 6.59. The van der Waals surface area contributed by atoms with Gasteiger partial charge in [0.05, 0.1) is 11.1 Å². The molecule has 3 aromatic carbocycles. The monoisotopic (exact) mass is 394 g/mol. The first-order valence-electron chi connectivity index (χ1n) is 10.2. The highest BCUT2D eigenvalue weighted by Gasteiger charge is 2.34. The van der Waals surface area contributed by atoms with Crippen molar-refractivity contribution in [3.8, 4) is 0 Å². The average Bonchev–Trinajstić information content (AvgIpc) is 2.76. The van der Waals surface area contributed by atoms with Crippen LogP contribution in [0.5, 0.6) is 0 Å². The number of allylic oxidation sites excluding steroid dienone is 2. The Morgan fingerprint density at radius 2 is 0.900 bits per heavy atom. The highest BCUT2D eigenvalue weighted by atomic mass is 14.8. The molecule has 150 valence electrons. The standard InChI is InChI=1S/C26H26N4/c27-17-9-13-25(29,14-10-17)23-19-5-1-2-6-20(19)24(22-8-4-3-7-21(22)23)26(30)15-11-18(28)12-16-26/h1-13,15H,14,16,27-30H2. The van der Waals surface area contributed by atoms with Crippen LogP contribution in [-0.2, 0) is 11.1 Å². The van der Waals surface area contributed by atoms with Gasteiger partial charge in [0.25, 0.3) is 0 Å². The zero-order valence-corrected chi connectivity index (χ0v) is 16.8. The molecular formula is C26H26N4. The van der Waals surface area contributed by atoms with Crippen molar-refractivity contribution in [3.63, 3.8) is 0 Å². The Balaban J connectivity index is 1.89. The van der Waals surface area contributed by atoms with Crippen LogP contribution in [-0.4, -0.2) is 0 Å². The molecule has 30 heavy (non-hydrogen) atoms. The molecule has 0 radical (unpaired) electrons. The highest BCUT2D eigenvalue weighted by Crippen LogP contribution is 2.45. The number of hydrogen-bond donors (Lipinski definition) is 4. The first-order valence-corrected chi connectivity index (χ1v) is 10.2. The van der Waals surface area contributed by atoms with Gasteiger partial charge in [-0.3, -0.25) is 0 Å². The van der Waals surface area contributed by atoms with E-state index in [0.29, 0.717) is 12.8 Å². The van der Waals surface area contributed by atoms with Crippen molar-refractivity contribution < 1.29 is 0 Å². The van der Waals surface area contributed by atoms with Crippen LogP contribution in [0.1, 0.15) is 24.0 Å². The third-order valence-electron chi connectivity index (χ3n) is 6.36. The van der Waals surface area contributed by atoms with Crippen LogP contribution in [0.4, 0.5) is 0 Å². The van der Waals surface area contributed by atoms with E-state index in [2.05, 4.69) is 48.5 Å². The predicted octanol–water partition coefficient (Wildman–Crippen LogP) is 3.91. The molecule has 0 heterocycles. The topological polar surface area (TPSA) is 104 Å². The highest BCUT2D eigenvalue weighted by molar-refractivity contribution is 6.08. The van der Waals surface area contributed by atoms with Crippen molar-refractivity contribution >= 4 is 21.5 Å². The van der Waals surface area contributed by atoms with Crippen LogP contribution in [0.25, 0.3) is 21.5 Å². The molecule has 0 aromatic heterocycles. The fourth-order valence-electron chi connectivity index (χ4n) is 4.84. The van der Waals surface area contributed by atoms with Gasteiger partial charge in [-0.05, 0) is 57.7 Å². The number of rotatable bonds is 2. The number of hydrogen-bond acceptors (Lipinski definition) is 4. The molecule has 8 N–H and O–H groups in total. The predicted molar refractivity (Wildman–Crippen MR) is 125 cm³/mol. The lowest BCUT2D eigenvalue weighted by atomic mass is 9.73. The van der Waals surface area contributed by atoms with Gasteiger partial charge in [-0.25, -0.2) is 0 Å². The van der Waals surface area contributed by atoms with Crippen molar-refractivity contribution in [2.75, 3.05) is 0 Å². The number of benzene rings is 3. The third kappa shape index (κ3) is 2.76. The zero-order chi connectivity index (χ0) is 20.9. The largest absolute Gasteiger partial charge is 0.399 e. The molecule has 0 spiro atoms. The van der Waals surface area contributed by atoms with Crippen molar-refractivity contribution in [2.45, 2.75) is 23.9 Å². The molecule has 0 saturated heterocycles.